The Morgan fingerprint density at radius 2 is 2.12 bits per heavy atom. The molecule has 1 amide bonds. The van der Waals surface area contributed by atoms with Gasteiger partial charge in [-0.15, -0.1) is 11.3 Å². The molecule has 1 aliphatic heterocycles. The Hall–Kier alpha value is -2.21. The number of piperidine rings is 1. The lowest BCUT2D eigenvalue weighted by Gasteiger charge is -2.35. The van der Waals surface area contributed by atoms with E-state index >= 15 is 0 Å². The van der Waals surface area contributed by atoms with Gasteiger partial charge in [0, 0.05) is 18.1 Å². The third-order valence-electron chi connectivity index (χ3n) is 4.58. The SMILES string of the molecule is O=C(Cc1ccc(F)cc1)N1CCCCC1c1ncn2ccsc12. The molecule has 0 bridgehead atoms. The van der Waals surface area contributed by atoms with Crippen molar-refractivity contribution in [2.24, 2.45) is 0 Å². The lowest BCUT2D eigenvalue weighted by Crippen LogP contribution is -2.39. The molecule has 0 radical (unpaired) electrons. The lowest BCUT2D eigenvalue weighted by atomic mass is 9.98. The van der Waals surface area contributed by atoms with Gasteiger partial charge in [0.2, 0.25) is 5.91 Å². The summed E-state index contributed by atoms with van der Waals surface area (Å²) in [4.78, 5) is 20.5. The van der Waals surface area contributed by atoms with E-state index in [2.05, 4.69) is 4.98 Å². The fraction of sp³-hybridized carbons (Fsp3) is 0.333. The number of hydrogen-bond donors (Lipinski definition) is 0. The van der Waals surface area contributed by atoms with Crippen molar-refractivity contribution >= 4 is 22.1 Å². The number of benzene rings is 1. The number of imidazole rings is 1. The van der Waals surface area contributed by atoms with Crippen LogP contribution in [0.2, 0.25) is 0 Å². The summed E-state index contributed by atoms with van der Waals surface area (Å²) < 4.78 is 15.1. The summed E-state index contributed by atoms with van der Waals surface area (Å²) in [6.07, 6.45) is 7.18. The molecule has 0 saturated carbocycles. The Kier molecular flexibility index (Phi) is 4.06. The molecular weight excluding hydrogens is 325 g/mol. The molecule has 1 fully saturated rings. The summed E-state index contributed by atoms with van der Waals surface area (Å²) in [6.45, 7) is 0.759. The monoisotopic (exact) mass is 343 g/mol. The number of aromatic nitrogens is 2. The van der Waals surface area contributed by atoms with Crippen LogP contribution in [-0.2, 0) is 11.2 Å². The van der Waals surface area contributed by atoms with E-state index in [4.69, 9.17) is 0 Å². The van der Waals surface area contributed by atoms with Gasteiger partial charge in [-0.2, -0.15) is 0 Å². The molecule has 1 atom stereocenters. The van der Waals surface area contributed by atoms with Crippen LogP contribution in [-0.4, -0.2) is 26.7 Å². The molecule has 0 spiro atoms. The summed E-state index contributed by atoms with van der Waals surface area (Å²) in [5.41, 5.74) is 1.84. The summed E-state index contributed by atoms with van der Waals surface area (Å²) in [5, 5.41) is 2.04. The van der Waals surface area contributed by atoms with E-state index in [1.165, 1.54) is 12.1 Å². The van der Waals surface area contributed by atoms with Crippen molar-refractivity contribution in [3.63, 3.8) is 0 Å². The summed E-state index contributed by atoms with van der Waals surface area (Å²) in [5.74, 6) is -0.191. The van der Waals surface area contributed by atoms with Crippen LogP contribution in [0.4, 0.5) is 4.39 Å². The van der Waals surface area contributed by atoms with Crippen LogP contribution in [0.25, 0.3) is 4.83 Å². The minimum Gasteiger partial charge on any atom is -0.334 e. The number of rotatable bonds is 3. The first-order valence-corrected chi connectivity index (χ1v) is 9.04. The Balaban J connectivity index is 1.58. The molecule has 0 N–H and O–H groups in total. The van der Waals surface area contributed by atoms with Gasteiger partial charge in [-0.1, -0.05) is 12.1 Å². The van der Waals surface area contributed by atoms with Gasteiger partial charge in [0.25, 0.3) is 0 Å². The van der Waals surface area contributed by atoms with Crippen LogP contribution >= 0.6 is 11.3 Å². The molecule has 6 heteroatoms. The van der Waals surface area contributed by atoms with Gasteiger partial charge < -0.3 is 4.90 Å². The number of thiazole rings is 1. The van der Waals surface area contributed by atoms with E-state index in [1.54, 1.807) is 23.5 Å². The maximum atomic E-state index is 13.0. The van der Waals surface area contributed by atoms with E-state index in [9.17, 15) is 9.18 Å². The number of nitrogens with zero attached hydrogens (tertiary/aromatic N) is 3. The Bertz CT molecular complexity index is 855. The van der Waals surface area contributed by atoms with Crippen molar-refractivity contribution < 1.29 is 9.18 Å². The quantitative estimate of drug-likeness (QED) is 0.725. The first kappa shape index (κ1) is 15.3. The topological polar surface area (TPSA) is 37.6 Å². The van der Waals surface area contributed by atoms with Crippen LogP contribution in [0.3, 0.4) is 0 Å². The highest BCUT2D eigenvalue weighted by Gasteiger charge is 2.30. The zero-order valence-electron chi connectivity index (χ0n) is 13.2. The van der Waals surface area contributed by atoms with Gasteiger partial charge >= 0.3 is 0 Å². The standard InChI is InChI=1S/C18H18FN3OS/c19-14-6-4-13(5-7-14)11-16(23)22-8-2-1-3-15(22)17-18-21(12-20-17)9-10-24-18/h4-7,9-10,12,15H,1-3,8,11H2. The van der Waals surface area contributed by atoms with Crippen molar-refractivity contribution in [2.75, 3.05) is 6.54 Å². The second-order valence-corrected chi connectivity index (χ2v) is 7.04. The number of likely N-dealkylation sites (tertiary alicyclic amines) is 1. The predicted octanol–water partition coefficient (Wildman–Crippen LogP) is 3.83. The lowest BCUT2D eigenvalue weighted by molar-refractivity contribution is -0.134. The first-order chi connectivity index (χ1) is 11.7. The van der Waals surface area contributed by atoms with Crippen molar-refractivity contribution in [3.8, 4) is 0 Å². The van der Waals surface area contributed by atoms with Crippen molar-refractivity contribution in [3.05, 3.63) is 59.2 Å². The molecule has 1 saturated heterocycles. The third-order valence-corrected chi connectivity index (χ3v) is 5.48. The molecule has 4 rings (SSSR count). The summed E-state index contributed by atoms with van der Waals surface area (Å²) in [7, 11) is 0. The number of hydrogen-bond acceptors (Lipinski definition) is 3. The minimum absolute atomic E-state index is 0.0374. The average Bonchev–Trinajstić information content (AvgIpc) is 3.20. The molecule has 0 aliphatic carbocycles. The van der Waals surface area contributed by atoms with Crippen LogP contribution in [0.5, 0.6) is 0 Å². The number of amides is 1. The molecule has 3 heterocycles. The third kappa shape index (κ3) is 2.82. The Morgan fingerprint density at radius 1 is 1.29 bits per heavy atom. The van der Waals surface area contributed by atoms with E-state index in [0.717, 1.165) is 41.9 Å². The summed E-state index contributed by atoms with van der Waals surface area (Å²) in [6, 6.07) is 6.21. The normalized spacial score (nSPS) is 18.2. The van der Waals surface area contributed by atoms with E-state index in [-0.39, 0.29) is 17.8 Å². The van der Waals surface area contributed by atoms with Gasteiger partial charge in [-0.25, -0.2) is 9.37 Å². The molecular formula is C18H18FN3OS. The van der Waals surface area contributed by atoms with E-state index in [0.29, 0.717) is 6.42 Å². The Morgan fingerprint density at radius 3 is 2.96 bits per heavy atom. The molecule has 1 unspecified atom stereocenters. The molecule has 2 aromatic heterocycles. The van der Waals surface area contributed by atoms with Crippen LogP contribution < -0.4 is 0 Å². The fourth-order valence-corrected chi connectivity index (χ4v) is 4.23. The molecule has 1 aliphatic rings. The van der Waals surface area contributed by atoms with Gasteiger partial charge in [0.1, 0.15) is 17.0 Å². The second kappa shape index (κ2) is 6.36. The van der Waals surface area contributed by atoms with Gasteiger partial charge in [0.05, 0.1) is 18.2 Å². The number of carbonyl (C=O) groups is 1. The van der Waals surface area contributed by atoms with Crippen molar-refractivity contribution in [2.45, 2.75) is 31.7 Å². The zero-order valence-corrected chi connectivity index (χ0v) is 14.0. The first-order valence-electron chi connectivity index (χ1n) is 8.16. The largest absolute Gasteiger partial charge is 0.334 e. The van der Waals surface area contributed by atoms with Gasteiger partial charge in [0.15, 0.2) is 0 Å². The minimum atomic E-state index is -0.278. The van der Waals surface area contributed by atoms with E-state index < -0.39 is 0 Å². The number of halogens is 1. The van der Waals surface area contributed by atoms with Gasteiger partial charge in [-0.3, -0.25) is 9.20 Å². The maximum Gasteiger partial charge on any atom is 0.227 e. The Labute approximate surface area is 143 Å². The zero-order chi connectivity index (χ0) is 16.5. The van der Waals surface area contributed by atoms with Crippen LogP contribution in [0.15, 0.2) is 42.2 Å². The number of fused-ring (bicyclic) bond motifs is 1. The van der Waals surface area contributed by atoms with E-state index in [1.807, 2.05) is 27.2 Å². The smallest absolute Gasteiger partial charge is 0.227 e. The average molecular weight is 343 g/mol. The molecule has 124 valence electrons. The maximum absolute atomic E-state index is 13.0. The molecule has 3 aromatic rings. The number of carbonyl (C=O) groups excluding carboxylic acids is 1. The molecule has 1 aromatic carbocycles. The van der Waals surface area contributed by atoms with Gasteiger partial charge in [-0.05, 0) is 37.0 Å². The molecule has 4 nitrogen and oxygen atoms in total. The highest BCUT2D eigenvalue weighted by Crippen LogP contribution is 2.34. The van der Waals surface area contributed by atoms with Crippen molar-refractivity contribution in [1.29, 1.82) is 0 Å². The highest BCUT2D eigenvalue weighted by molar-refractivity contribution is 7.15. The summed E-state index contributed by atoms with van der Waals surface area (Å²) >= 11 is 1.65. The van der Waals surface area contributed by atoms with Crippen molar-refractivity contribution in [1.82, 2.24) is 14.3 Å². The molecule has 24 heavy (non-hydrogen) atoms. The predicted molar refractivity (Wildman–Crippen MR) is 91.5 cm³/mol. The second-order valence-electron chi connectivity index (χ2n) is 6.15. The fourth-order valence-electron chi connectivity index (χ4n) is 3.37. The van der Waals surface area contributed by atoms with Crippen LogP contribution in [0.1, 0.15) is 36.6 Å². The highest BCUT2D eigenvalue weighted by atomic mass is 32.1. The van der Waals surface area contributed by atoms with Crippen LogP contribution in [0, 0.1) is 5.82 Å².